The van der Waals surface area contributed by atoms with E-state index in [1.54, 1.807) is 10.9 Å². The molecule has 0 aliphatic rings. The van der Waals surface area contributed by atoms with Gasteiger partial charge in [-0.05, 0) is 27.7 Å². The molecular weight excluding hydrogens is 474 g/mol. The first kappa shape index (κ1) is 35.0. The Morgan fingerprint density at radius 1 is 0.421 bits per heavy atom. The Kier molecular flexibility index (Phi) is 20.0. The van der Waals surface area contributed by atoms with E-state index in [9.17, 15) is 0 Å². The first-order chi connectivity index (χ1) is 18.6. The fraction of sp³-hybridized carbons (Fsp3) is 0.667. The van der Waals surface area contributed by atoms with Crippen molar-refractivity contribution in [2.75, 3.05) is 24.6 Å². The fourth-order valence-corrected chi connectivity index (χ4v) is 9.22. The normalized spacial score (nSPS) is 11.7. The van der Waals surface area contributed by atoms with Crippen molar-refractivity contribution in [1.29, 1.82) is 0 Å². The Balaban J connectivity index is 0.000000686. The van der Waals surface area contributed by atoms with Gasteiger partial charge in [-0.3, -0.25) is 0 Å². The highest BCUT2D eigenvalue weighted by Gasteiger charge is 2.28. The molecule has 2 aromatic carbocycles. The molecule has 0 spiro atoms. The molecular formula is C36H64BP. The Morgan fingerprint density at radius 3 is 1.03 bits per heavy atom. The van der Waals surface area contributed by atoms with Gasteiger partial charge in [-0.25, -0.2) is 10.9 Å². The van der Waals surface area contributed by atoms with Crippen molar-refractivity contribution < 1.29 is 0 Å². The molecule has 216 valence electrons. The Morgan fingerprint density at radius 2 is 0.737 bits per heavy atom. The Hall–Kier alpha value is -1.07. The molecule has 0 aliphatic heterocycles. The van der Waals surface area contributed by atoms with Crippen molar-refractivity contribution in [2.45, 2.75) is 131 Å². The van der Waals surface area contributed by atoms with Gasteiger partial charge in [-0.15, -0.1) is 0 Å². The maximum absolute atomic E-state index is 2.40. The Labute approximate surface area is 240 Å². The van der Waals surface area contributed by atoms with Gasteiger partial charge in [-0.2, -0.15) is 12.6 Å². The highest BCUT2D eigenvalue weighted by molar-refractivity contribution is 7.75. The minimum Gasteiger partial charge on any atom is -0.205 e. The topological polar surface area (TPSA) is 0 Å². The van der Waals surface area contributed by atoms with Crippen LogP contribution in [0.15, 0.2) is 60.7 Å². The van der Waals surface area contributed by atoms with Crippen molar-refractivity contribution in [1.82, 2.24) is 0 Å². The molecule has 38 heavy (non-hydrogen) atoms. The average molecular weight is 539 g/mol. The number of rotatable bonds is 20. The second kappa shape index (κ2) is 21.7. The van der Waals surface area contributed by atoms with Crippen LogP contribution >= 0.6 is 7.26 Å². The summed E-state index contributed by atoms with van der Waals surface area (Å²) < 4.78 is 0. The minimum atomic E-state index is -0.660. The summed E-state index contributed by atoms with van der Waals surface area (Å²) in [5, 5.41) is 0. The molecule has 0 bridgehead atoms. The summed E-state index contributed by atoms with van der Waals surface area (Å²) in [6, 6.07) is 22.9. The lowest BCUT2D eigenvalue weighted by Crippen LogP contribution is -2.58. The third kappa shape index (κ3) is 12.4. The van der Waals surface area contributed by atoms with E-state index in [1.807, 2.05) is 0 Å². The van der Waals surface area contributed by atoms with Crippen molar-refractivity contribution in [3.8, 4) is 0 Å². The molecule has 2 heteroatoms. The standard InChI is InChI=1S/C28H44B.C8H20P/c1-3-5-7-9-11-19-25-29(27-21-15-13-16-22-27,28-23-17-14-18-24-28)26-20-12-10-8-6-4-2;1-5-9(6-2,7-3)8-4/h13-18,21-24H,3-12,19-20,25-26H2,1-2H3;5-8H2,1-4H3/q-1;+1. The van der Waals surface area contributed by atoms with Crippen LogP contribution in [0, 0.1) is 0 Å². The van der Waals surface area contributed by atoms with Gasteiger partial charge in [0.2, 0.25) is 0 Å². The van der Waals surface area contributed by atoms with Gasteiger partial charge in [-0.1, -0.05) is 152 Å². The summed E-state index contributed by atoms with van der Waals surface area (Å²) in [6.07, 6.45) is 24.4. The summed E-state index contributed by atoms with van der Waals surface area (Å²) >= 11 is 0. The predicted octanol–water partition coefficient (Wildman–Crippen LogP) is 11.1. The minimum absolute atomic E-state index is 0.420. The molecule has 2 aromatic rings. The van der Waals surface area contributed by atoms with Crippen LogP contribution in [0.4, 0.5) is 0 Å². The average Bonchev–Trinajstić information content (AvgIpc) is 2.98. The zero-order chi connectivity index (χ0) is 28.0. The summed E-state index contributed by atoms with van der Waals surface area (Å²) in [7, 11) is -0.420. The number of unbranched alkanes of at least 4 members (excludes halogenated alkanes) is 10. The van der Waals surface area contributed by atoms with E-state index in [4.69, 9.17) is 0 Å². The smallest absolute Gasteiger partial charge is 0.0565 e. The van der Waals surface area contributed by atoms with Crippen molar-refractivity contribution in [3.05, 3.63) is 60.7 Å². The maximum Gasteiger partial charge on any atom is 0.0565 e. The van der Waals surface area contributed by atoms with Crippen molar-refractivity contribution in [3.63, 3.8) is 0 Å². The highest BCUT2D eigenvalue weighted by atomic mass is 31.2. The Bertz CT molecular complexity index is 693. The van der Waals surface area contributed by atoms with Gasteiger partial charge in [0, 0.05) is 7.26 Å². The second-order valence-corrected chi connectivity index (χ2v) is 17.0. The summed E-state index contributed by atoms with van der Waals surface area (Å²) in [5.74, 6) is 0. The molecule has 0 saturated heterocycles. The zero-order valence-corrected chi connectivity index (χ0v) is 27.4. The van der Waals surface area contributed by atoms with E-state index < -0.39 is 13.4 Å². The van der Waals surface area contributed by atoms with Gasteiger partial charge in [0.05, 0.1) is 30.8 Å². The van der Waals surface area contributed by atoms with Gasteiger partial charge in [0.25, 0.3) is 0 Å². The quantitative estimate of drug-likeness (QED) is 0.0893. The molecule has 0 aliphatic carbocycles. The lowest BCUT2D eigenvalue weighted by Gasteiger charge is -2.42. The summed E-state index contributed by atoms with van der Waals surface area (Å²) in [6.45, 7) is 14.0. The maximum atomic E-state index is 2.40. The lowest BCUT2D eigenvalue weighted by molar-refractivity contribution is 0.616. The molecule has 0 saturated carbocycles. The van der Waals surface area contributed by atoms with Crippen LogP contribution in [0.25, 0.3) is 0 Å². The van der Waals surface area contributed by atoms with E-state index in [-0.39, 0.29) is 0 Å². The third-order valence-electron chi connectivity index (χ3n) is 9.66. The molecule has 2 rings (SSSR count). The SMILES string of the molecule is CCCCCCCC[B-](CCCCCCCC)(c1ccccc1)c1ccccc1.CC[P+](CC)(CC)CC. The van der Waals surface area contributed by atoms with Crippen molar-refractivity contribution >= 4 is 24.3 Å². The largest absolute Gasteiger partial charge is 0.205 e. The number of benzene rings is 2. The van der Waals surface area contributed by atoms with Crippen LogP contribution in [0.5, 0.6) is 0 Å². The van der Waals surface area contributed by atoms with Gasteiger partial charge in [0.15, 0.2) is 0 Å². The second-order valence-electron chi connectivity index (χ2n) is 11.8. The molecule has 0 radical (unpaired) electrons. The van der Waals surface area contributed by atoms with Crippen LogP contribution in [0.3, 0.4) is 0 Å². The number of hydrogen-bond donors (Lipinski definition) is 0. The highest BCUT2D eigenvalue weighted by Crippen LogP contribution is 2.57. The van der Waals surface area contributed by atoms with Crippen molar-refractivity contribution in [2.24, 2.45) is 0 Å². The summed E-state index contributed by atoms with van der Waals surface area (Å²) in [5.41, 5.74) is 3.17. The monoisotopic (exact) mass is 538 g/mol. The zero-order valence-electron chi connectivity index (χ0n) is 26.5. The molecule has 0 fully saturated rings. The van der Waals surface area contributed by atoms with E-state index in [2.05, 4.69) is 102 Å². The number of hydrogen-bond acceptors (Lipinski definition) is 0. The predicted molar refractivity (Wildman–Crippen MR) is 183 cm³/mol. The molecule has 0 N–H and O–H groups in total. The van der Waals surface area contributed by atoms with E-state index in [1.165, 1.54) is 114 Å². The van der Waals surface area contributed by atoms with Gasteiger partial charge in [0.1, 0.15) is 0 Å². The summed E-state index contributed by atoms with van der Waals surface area (Å²) in [4.78, 5) is 0. The van der Waals surface area contributed by atoms with E-state index in [0.717, 1.165) is 0 Å². The lowest BCUT2D eigenvalue weighted by atomic mass is 9.15. The van der Waals surface area contributed by atoms with E-state index in [0.29, 0.717) is 0 Å². The molecule has 0 aromatic heterocycles. The molecule has 0 atom stereocenters. The van der Waals surface area contributed by atoms with Crippen LogP contribution in [-0.2, 0) is 0 Å². The van der Waals surface area contributed by atoms with E-state index >= 15 is 0 Å². The van der Waals surface area contributed by atoms with Crippen LogP contribution in [-0.4, -0.2) is 30.8 Å². The molecule has 0 nitrogen and oxygen atoms in total. The molecule has 0 heterocycles. The van der Waals surface area contributed by atoms with Gasteiger partial charge < -0.3 is 0 Å². The van der Waals surface area contributed by atoms with Crippen LogP contribution < -0.4 is 10.9 Å². The fourth-order valence-electron chi connectivity index (χ4n) is 6.53. The first-order valence-corrected chi connectivity index (χ1v) is 19.3. The van der Waals surface area contributed by atoms with Crippen LogP contribution in [0.2, 0.25) is 12.6 Å². The van der Waals surface area contributed by atoms with Gasteiger partial charge >= 0.3 is 0 Å². The third-order valence-corrected chi connectivity index (χ3v) is 15.0. The molecule has 0 unspecified atom stereocenters. The molecule has 0 amide bonds. The van der Waals surface area contributed by atoms with Crippen LogP contribution in [0.1, 0.15) is 119 Å². The first-order valence-electron chi connectivity index (χ1n) is 16.7.